The molecular weight excluding hydrogens is 350 g/mol. The van der Waals surface area contributed by atoms with E-state index >= 15 is 0 Å². The molecule has 0 spiro atoms. The molecule has 2 heterocycles. The predicted octanol–water partition coefficient (Wildman–Crippen LogP) is 2.84. The highest BCUT2D eigenvalue weighted by molar-refractivity contribution is 5.99. The molecule has 4 rings (SSSR count). The standard InChI is InChI=1S/C20H27N3O2.ClH/c24-19-5-2-10-23(19)18-4-1-3-16(13-18)20(25)22-11-8-17(9-12-22)21-14-15-6-7-15;/h1,3-4,13,15,17,21H,2,5-12,14H2;1H. The highest BCUT2D eigenvalue weighted by Crippen LogP contribution is 2.28. The summed E-state index contributed by atoms with van der Waals surface area (Å²) >= 11 is 0. The second-order valence-electron chi connectivity index (χ2n) is 7.62. The van der Waals surface area contributed by atoms with Crippen molar-refractivity contribution in [1.29, 1.82) is 0 Å². The molecule has 1 saturated carbocycles. The lowest BCUT2D eigenvalue weighted by Crippen LogP contribution is -2.45. The predicted molar refractivity (Wildman–Crippen MR) is 105 cm³/mol. The number of carbonyl (C=O) groups excluding carboxylic acids is 2. The molecule has 1 aromatic carbocycles. The fourth-order valence-electron chi connectivity index (χ4n) is 3.85. The van der Waals surface area contributed by atoms with Crippen molar-refractivity contribution in [1.82, 2.24) is 10.2 Å². The van der Waals surface area contributed by atoms with Crippen LogP contribution in [-0.2, 0) is 4.79 Å². The zero-order chi connectivity index (χ0) is 17.2. The number of halogens is 1. The van der Waals surface area contributed by atoms with Gasteiger partial charge in [-0.1, -0.05) is 6.07 Å². The highest BCUT2D eigenvalue weighted by Gasteiger charge is 2.27. The van der Waals surface area contributed by atoms with Gasteiger partial charge in [-0.15, -0.1) is 12.4 Å². The van der Waals surface area contributed by atoms with Crippen LogP contribution in [0.2, 0.25) is 0 Å². The van der Waals surface area contributed by atoms with Gasteiger partial charge in [-0.05, 0) is 62.8 Å². The zero-order valence-corrected chi connectivity index (χ0v) is 16.0. The molecule has 0 unspecified atom stereocenters. The Balaban J connectivity index is 0.00000196. The monoisotopic (exact) mass is 377 g/mol. The number of carbonyl (C=O) groups is 2. The Morgan fingerprint density at radius 3 is 2.54 bits per heavy atom. The van der Waals surface area contributed by atoms with Gasteiger partial charge in [-0.25, -0.2) is 0 Å². The van der Waals surface area contributed by atoms with Crippen LogP contribution < -0.4 is 10.2 Å². The summed E-state index contributed by atoms with van der Waals surface area (Å²) in [5.41, 5.74) is 1.55. The maximum absolute atomic E-state index is 12.8. The molecule has 2 amide bonds. The molecule has 3 aliphatic rings. The van der Waals surface area contributed by atoms with Crippen LogP contribution in [0.1, 0.15) is 48.9 Å². The normalized spacial score (nSPS) is 21.0. The molecule has 142 valence electrons. The molecular formula is C20H28ClN3O2. The minimum Gasteiger partial charge on any atom is -0.339 e. The molecule has 0 bridgehead atoms. The average Bonchev–Trinajstić information content (AvgIpc) is 3.39. The number of hydrogen-bond donors (Lipinski definition) is 1. The van der Waals surface area contributed by atoms with Crippen LogP contribution in [0, 0.1) is 5.92 Å². The summed E-state index contributed by atoms with van der Waals surface area (Å²) in [4.78, 5) is 28.5. The number of benzene rings is 1. The molecule has 5 nitrogen and oxygen atoms in total. The number of amides is 2. The third-order valence-corrected chi connectivity index (χ3v) is 5.65. The summed E-state index contributed by atoms with van der Waals surface area (Å²) in [7, 11) is 0. The van der Waals surface area contributed by atoms with Gasteiger partial charge in [-0.3, -0.25) is 9.59 Å². The molecule has 1 N–H and O–H groups in total. The van der Waals surface area contributed by atoms with Crippen molar-refractivity contribution >= 4 is 29.9 Å². The summed E-state index contributed by atoms with van der Waals surface area (Å²) in [5, 5.41) is 3.65. The van der Waals surface area contributed by atoms with E-state index in [-0.39, 0.29) is 24.2 Å². The number of likely N-dealkylation sites (tertiary alicyclic amines) is 1. The van der Waals surface area contributed by atoms with Gasteiger partial charge in [0.05, 0.1) is 0 Å². The van der Waals surface area contributed by atoms with E-state index < -0.39 is 0 Å². The molecule has 2 aliphatic heterocycles. The Kier molecular flexibility index (Phi) is 6.20. The highest BCUT2D eigenvalue weighted by atomic mass is 35.5. The molecule has 2 saturated heterocycles. The maximum Gasteiger partial charge on any atom is 0.253 e. The van der Waals surface area contributed by atoms with Crippen LogP contribution in [0.25, 0.3) is 0 Å². The topological polar surface area (TPSA) is 52.7 Å². The fourth-order valence-corrected chi connectivity index (χ4v) is 3.85. The Bertz CT molecular complexity index is 654. The second-order valence-corrected chi connectivity index (χ2v) is 7.62. The lowest BCUT2D eigenvalue weighted by molar-refractivity contribution is -0.117. The molecule has 1 aromatic rings. The van der Waals surface area contributed by atoms with Crippen LogP contribution in [0.15, 0.2) is 24.3 Å². The largest absolute Gasteiger partial charge is 0.339 e. The van der Waals surface area contributed by atoms with E-state index in [1.54, 1.807) is 4.90 Å². The average molecular weight is 378 g/mol. The molecule has 1 aliphatic carbocycles. The van der Waals surface area contributed by atoms with Gasteiger partial charge in [0.1, 0.15) is 0 Å². The van der Waals surface area contributed by atoms with Crippen LogP contribution in [-0.4, -0.2) is 48.9 Å². The van der Waals surface area contributed by atoms with Crippen molar-refractivity contribution in [2.24, 2.45) is 5.92 Å². The minimum absolute atomic E-state index is 0. The van der Waals surface area contributed by atoms with Crippen molar-refractivity contribution in [3.05, 3.63) is 29.8 Å². The van der Waals surface area contributed by atoms with Crippen molar-refractivity contribution in [2.45, 2.75) is 44.6 Å². The SMILES string of the molecule is Cl.O=C(c1cccc(N2CCCC2=O)c1)N1CCC(NCC2CC2)CC1. The van der Waals surface area contributed by atoms with Gasteiger partial charge in [-0.2, -0.15) is 0 Å². The van der Waals surface area contributed by atoms with E-state index in [0.29, 0.717) is 18.0 Å². The van der Waals surface area contributed by atoms with Crippen molar-refractivity contribution in [3.8, 4) is 0 Å². The Morgan fingerprint density at radius 2 is 1.88 bits per heavy atom. The Hall–Kier alpha value is -1.59. The third-order valence-electron chi connectivity index (χ3n) is 5.65. The summed E-state index contributed by atoms with van der Waals surface area (Å²) in [6.45, 7) is 3.53. The van der Waals surface area contributed by atoms with Crippen LogP contribution in [0.3, 0.4) is 0 Å². The summed E-state index contributed by atoms with van der Waals surface area (Å²) in [6, 6.07) is 8.11. The summed E-state index contributed by atoms with van der Waals surface area (Å²) in [5.74, 6) is 1.15. The summed E-state index contributed by atoms with van der Waals surface area (Å²) in [6.07, 6.45) is 6.32. The van der Waals surface area contributed by atoms with Gasteiger partial charge in [0.2, 0.25) is 5.91 Å². The molecule has 26 heavy (non-hydrogen) atoms. The maximum atomic E-state index is 12.8. The number of nitrogens with zero attached hydrogens (tertiary/aromatic N) is 2. The lowest BCUT2D eigenvalue weighted by Gasteiger charge is -2.32. The van der Waals surface area contributed by atoms with E-state index in [9.17, 15) is 9.59 Å². The van der Waals surface area contributed by atoms with Gasteiger partial charge < -0.3 is 15.1 Å². The number of nitrogens with one attached hydrogen (secondary N) is 1. The van der Waals surface area contributed by atoms with E-state index in [2.05, 4.69) is 5.32 Å². The van der Waals surface area contributed by atoms with Crippen LogP contribution in [0.5, 0.6) is 0 Å². The molecule has 0 radical (unpaired) electrons. The smallest absolute Gasteiger partial charge is 0.253 e. The van der Waals surface area contributed by atoms with E-state index in [0.717, 1.165) is 57.0 Å². The Morgan fingerprint density at radius 1 is 1.12 bits per heavy atom. The molecule has 6 heteroatoms. The van der Waals surface area contributed by atoms with Crippen LogP contribution >= 0.6 is 12.4 Å². The van der Waals surface area contributed by atoms with Gasteiger partial charge in [0.25, 0.3) is 5.91 Å². The first kappa shape index (κ1) is 19.2. The fraction of sp³-hybridized carbons (Fsp3) is 0.600. The molecule has 0 atom stereocenters. The Labute approximate surface area is 161 Å². The van der Waals surface area contributed by atoms with Crippen molar-refractivity contribution < 1.29 is 9.59 Å². The first-order valence-electron chi connectivity index (χ1n) is 9.64. The van der Waals surface area contributed by atoms with Gasteiger partial charge in [0, 0.05) is 43.3 Å². The third kappa shape index (κ3) is 4.38. The van der Waals surface area contributed by atoms with E-state index in [1.807, 2.05) is 29.2 Å². The zero-order valence-electron chi connectivity index (χ0n) is 15.2. The number of piperidine rings is 1. The van der Waals surface area contributed by atoms with Crippen molar-refractivity contribution in [3.63, 3.8) is 0 Å². The first-order chi connectivity index (χ1) is 12.2. The van der Waals surface area contributed by atoms with Gasteiger partial charge >= 0.3 is 0 Å². The molecule has 0 aromatic heterocycles. The quantitative estimate of drug-likeness (QED) is 0.858. The van der Waals surface area contributed by atoms with E-state index in [1.165, 1.54) is 12.8 Å². The second kappa shape index (κ2) is 8.40. The minimum atomic E-state index is 0. The molecule has 3 fully saturated rings. The van der Waals surface area contributed by atoms with E-state index in [4.69, 9.17) is 0 Å². The van der Waals surface area contributed by atoms with Gasteiger partial charge in [0.15, 0.2) is 0 Å². The first-order valence-corrected chi connectivity index (χ1v) is 9.64. The number of rotatable bonds is 5. The van der Waals surface area contributed by atoms with Crippen LogP contribution in [0.4, 0.5) is 5.69 Å². The lowest BCUT2D eigenvalue weighted by atomic mass is 10.0. The summed E-state index contributed by atoms with van der Waals surface area (Å²) < 4.78 is 0. The number of anilines is 1. The van der Waals surface area contributed by atoms with Crippen molar-refractivity contribution in [2.75, 3.05) is 31.1 Å². The number of hydrogen-bond acceptors (Lipinski definition) is 3.